The van der Waals surface area contributed by atoms with Crippen molar-refractivity contribution in [3.8, 4) is 0 Å². The van der Waals surface area contributed by atoms with Crippen LogP contribution >= 0.6 is 0 Å². The predicted octanol–water partition coefficient (Wildman–Crippen LogP) is 15.3. The van der Waals surface area contributed by atoms with Gasteiger partial charge in [0.2, 0.25) is 11.4 Å². The van der Waals surface area contributed by atoms with Gasteiger partial charge in [-0.2, -0.15) is 0 Å². The maximum Gasteiger partial charge on any atom is 0.211 e. The molecule has 2 heteroatoms. The molecule has 0 saturated heterocycles. The van der Waals surface area contributed by atoms with E-state index in [2.05, 4.69) is 79.7 Å². The molecule has 2 nitrogen and oxygen atoms in total. The first-order valence-electron chi connectivity index (χ1n) is 21.7. The van der Waals surface area contributed by atoms with E-state index in [1.165, 1.54) is 160 Å². The Kier molecular flexibility index (Phi) is 19.4. The molecular formula is C48H76N2. The standard InChI is InChI=1S/C48H76N2/c1-9-17-24-25-32-46-43(16-8)47(41-33-37(26-18-10-2)44(30-22-14-6)38(34-41)27-19-11-3)50(49)48(46)42-35-39(28-20-12-4)45(31-23-15-7)40(36-42)29-21-13-5/h33-36H,9-32H2,1-8H3. The number of hydrogen-bond donors (Lipinski definition) is 0. The Morgan fingerprint density at radius 3 is 1.06 bits per heavy atom. The van der Waals surface area contributed by atoms with Crippen LogP contribution in [0.4, 0.5) is 0 Å². The first-order chi connectivity index (χ1) is 24.4. The van der Waals surface area contributed by atoms with Gasteiger partial charge in [0, 0.05) is 22.3 Å². The molecule has 0 unspecified atom stereocenters. The van der Waals surface area contributed by atoms with Gasteiger partial charge in [-0.05, 0) is 154 Å². The molecule has 278 valence electrons. The summed E-state index contributed by atoms with van der Waals surface area (Å²) in [7, 11) is 0. The van der Waals surface area contributed by atoms with Gasteiger partial charge >= 0.3 is 0 Å². The Balaban J connectivity index is 2.30. The first kappa shape index (κ1) is 41.9. The van der Waals surface area contributed by atoms with E-state index in [0.717, 1.165) is 49.9 Å². The normalized spacial score (nSPS) is 13.4. The van der Waals surface area contributed by atoms with Gasteiger partial charge in [-0.1, -0.05) is 113 Å². The minimum absolute atomic E-state index is 0.936. The molecule has 0 spiro atoms. The summed E-state index contributed by atoms with van der Waals surface area (Å²) >= 11 is 0. The highest BCUT2D eigenvalue weighted by Crippen LogP contribution is 2.45. The highest BCUT2D eigenvalue weighted by atomic mass is 15.2. The van der Waals surface area contributed by atoms with Gasteiger partial charge in [-0.15, -0.1) is 0 Å². The summed E-state index contributed by atoms with van der Waals surface area (Å²) in [5.74, 6) is 0. The number of hydrogen-bond acceptors (Lipinski definition) is 0. The van der Waals surface area contributed by atoms with Crippen LogP contribution in [-0.4, -0.2) is 4.70 Å². The topological polar surface area (TPSA) is 25.3 Å². The summed E-state index contributed by atoms with van der Waals surface area (Å²) < 4.78 is 1.68. The summed E-state index contributed by atoms with van der Waals surface area (Å²) in [6.07, 6.45) is 28.4. The summed E-state index contributed by atoms with van der Waals surface area (Å²) in [4.78, 5) is 0. The molecule has 3 rings (SSSR count). The van der Waals surface area contributed by atoms with Gasteiger partial charge in [-0.3, -0.25) is 0 Å². The fraction of sp³-hybridized carbons (Fsp3) is 0.667. The molecule has 1 aliphatic heterocycles. The molecule has 2 aromatic carbocycles. The smallest absolute Gasteiger partial charge is 0.211 e. The van der Waals surface area contributed by atoms with E-state index < -0.39 is 0 Å². The maximum absolute atomic E-state index is 12.6. The SMILES string of the molecule is CCCCCCC1=C(c2cc(CCCC)c(CCCC)c(CCCC)c2)[N+](=[N-])C(c2cc(CCCC)c(CCCC)c(CCCC)c2)=C1CC. The third-order valence-corrected chi connectivity index (χ3v) is 11.2. The molecule has 0 saturated carbocycles. The number of unbranched alkanes of at least 4 members (excludes halogenated alkanes) is 9. The molecule has 1 heterocycles. The van der Waals surface area contributed by atoms with Crippen LogP contribution in [0.1, 0.15) is 215 Å². The van der Waals surface area contributed by atoms with Crippen molar-refractivity contribution >= 4 is 11.4 Å². The highest BCUT2D eigenvalue weighted by molar-refractivity contribution is 5.83. The van der Waals surface area contributed by atoms with Crippen molar-refractivity contribution in [1.82, 2.24) is 0 Å². The number of benzene rings is 2. The van der Waals surface area contributed by atoms with E-state index in [9.17, 15) is 5.53 Å². The lowest BCUT2D eigenvalue weighted by atomic mass is 9.86. The van der Waals surface area contributed by atoms with Crippen molar-refractivity contribution < 1.29 is 4.70 Å². The molecule has 0 radical (unpaired) electrons. The summed E-state index contributed by atoms with van der Waals surface area (Å²) in [6.45, 7) is 18.5. The van der Waals surface area contributed by atoms with Crippen molar-refractivity contribution in [3.63, 3.8) is 0 Å². The molecule has 50 heavy (non-hydrogen) atoms. The number of aryl methyl sites for hydroxylation is 4. The lowest BCUT2D eigenvalue weighted by Crippen LogP contribution is -2.09. The Bertz CT molecular complexity index is 1350. The average Bonchev–Trinajstić information content (AvgIpc) is 3.41. The molecule has 0 fully saturated rings. The minimum atomic E-state index is 0.936. The Labute approximate surface area is 310 Å². The number of allylic oxidation sites excluding steroid dienone is 2. The molecule has 0 N–H and O–H groups in total. The van der Waals surface area contributed by atoms with E-state index in [1.807, 2.05) is 0 Å². The molecule has 1 aliphatic rings. The molecule has 2 aromatic rings. The van der Waals surface area contributed by atoms with Crippen LogP contribution in [0.15, 0.2) is 35.4 Å². The largest absolute Gasteiger partial charge is 0.493 e. The zero-order valence-corrected chi connectivity index (χ0v) is 34.2. The van der Waals surface area contributed by atoms with Gasteiger partial charge in [0.05, 0.1) is 0 Å². The highest BCUT2D eigenvalue weighted by Gasteiger charge is 2.36. The van der Waals surface area contributed by atoms with Crippen LogP contribution in [0.5, 0.6) is 0 Å². The summed E-state index contributed by atoms with van der Waals surface area (Å²) in [6, 6.07) is 10.00. The number of nitrogens with zero attached hydrogens (tertiary/aromatic N) is 2. The summed E-state index contributed by atoms with van der Waals surface area (Å²) in [5.41, 5.74) is 29.4. The van der Waals surface area contributed by atoms with Gasteiger partial charge in [0.15, 0.2) is 0 Å². The van der Waals surface area contributed by atoms with Crippen LogP contribution in [0.3, 0.4) is 0 Å². The molecule has 0 amide bonds. The molecule has 0 aliphatic carbocycles. The first-order valence-corrected chi connectivity index (χ1v) is 21.7. The van der Waals surface area contributed by atoms with Crippen molar-refractivity contribution in [1.29, 1.82) is 0 Å². The van der Waals surface area contributed by atoms with Crippen molar-refractivity contribution in [2.75, 3.05) is 0 Å². The Hall–Kier alpha value is -2.48. The van der Waals surface area contributed by atoms with E-state index in [-0.39, 0.29) is 0 Å². The van der Waals surface area contributed by atoms with Gasteiger partial charge < -0.3 is 5.53 Å². The van der Waals surface area contributed by atoms with Crippen molar-refractivity contribution in [3.05, 3.63) is 85.5 Å². The Morgan fingerprint density at radius 1 is 0.380 bits per heavy atom. The summed E-state index contributed by atoms with van der Waals surface area (Å²) in [5, 5.41) is 0. The second-order valence-electron chi connectivity index (χ2n) is 15.3. The van der Waals surface area contributed by atoms with E-state index in [0.29, 0.717) is 0 Å². The Morgan fingerprint density at radius 2 is 0.720 bits per heavy atom. The quantitative estimate of drug-likeness (QED) is 0.0698. The lowest BCUT2D eigenvalue weighted by molar-refractivity contribution is -0.345. The predicted molar refractivity (Wildman–Crippen MR) is 221 cm³/mol. The third-order valence-electron chi connectivity index (χ3n) is 11.2. The van der Waals surface area contributed by atoms with E-state index in [4.69, 9.17) is 0 Å². The van der Waals surface area contributed by atoms with E-state index in [1.54, 1.807) is 15.8 Å². The fourth-order valence-corrected chi connectivity index (χ4v) is 8.20. The molecule has 0 aromatic heterocycles. The maximum atomic E-state index is 12.6. The zero-order valence-electron chi connectivity index (χ0n) is 34.2. The van der Waals surface area contributed by atoms with Crippen LogP contribution in [0.2, 0.25) is 0 Å². The monoisotopic (exact) mass is 681 g/mol. The second kappa shape index (κ2) is 23.2. The van der Waals surface area contributed by atoms with Gasteiger partial charge in [0.25, 0.3) is 0 Å². The van der Waals surface area contributed by atoms with Gasteiger partial charge in [0.1, 0.15) is 0 Å². The second-order valence-corrected chi connectivity index (χ2v) is 15.3. The van der Waals surface area contributed by atoms with Crippen LogP contribution in [0, 0.1) is 0 Å². The van der Waals surface area contributed by atoms with Crippen LogP contribution < -0.4 is 0 Å². The van der Waals surface area contributed by atoms with Crippen molar-refractivity contribution in [2.45, 2.75) is 209 Å². The van der Waals surface area contributed by atoms with Crippen molar-refractivity contribution in [2.24, 2.45) is 0 Å². The third kappa shape index (κ3) is 11.3. The average molecular weight is 681 g/mol. The minimum Gasteiger partial charge on any atom is -0.493 e. The molecule has 0 bridgehead atoms. The van der Waals surface area contributed by atoms with Gasteiger partial charge in [-0.25, -0.2) is 4.70 Å². The zero-order chi connectivity index (χ0) is 36.3. The fourth-order valence-electron chi connectivity index (χ4n) is 8.20. The van der Waals surface area contributed by atoms with Crippen LogP contribution in [-0.2, 0) is 38.5 Å². The molecular weight excluding hydrogens is 605 g/mol. The van der Waals surface area contributed by atoms with E-state index >= 15 is 0 Å². The van der Waals surface area contributed by atoms with Crippen LogP contribution in [0.25, 0.3) is 16.9 Å². The molecule has 0 atom stereocenters. The lowest BCUT2D eigenvalue weighted by Gasteiger charge is -2.20. The number of rotatable bonds is 26.